The van der Waals surface area contributed by atoms with Crippen LogP contribution in [0.5, 0.6) is 0 Å². The van der Waals surface area contributed by atoms with Crippen LogP contribution >= 0.6 is 0 Å². The van der Waals surface area contributed by atoms with Crippen LogP contribution in [0.1, 0.15) is 19.3 Å². The minimum atomic E-state index is -4.41. The highest BCUT2D eigenvalue weighted by Crippen LogP contribution is 2.16. The highest BCUT2D eigenvalue weighted by Gasteiger charge is 2.28. The Bertz CT molecular complexity index is 227. The van der Waals surface area contributed by atoms with Gasteiger partial charge < -0.3 is 5.32 Å². The maximum atomic E-state index is 11.7. The molecule has 4 nitrogen and oxygen atoms in total. The maximum absolute atomic E-state index is 11.7. The Kier molecular flexibility index (Phi) is 5.01. The molecule has 0 aromatic rings. The Hall–Kier alpha value is -0.820. The number of hydroxylamine groups is 1. The van der Waals surface area contributed by atoms with Crippen molar-refractivity contribution in [3.8, 4) is 0 Å². The molecular formula is C9H15F3N2O2. The third-order valence-corrected chi connectivity index (χ3v) is 2.35. The Morgan fingerprint density at radius 2 is 2.00 bits per heavy atom. The summed E-state index contributed by atoms with van der Waals surface area (Å²) < 4.78 is 35.0. The van der Waals surface area contributed by atoms with Crippen molar-refractivity contribution >= 4 is 5.91 Å². The van der Waals surface area contributed by atoms with Gasteiger partial charge in [-0.25, -0.2) is 5.48 Å². The summed E-state index contributed by atoms with van der Waals surface area (Å²) in [6.07, 6.45) is -2.46. The maximum Gasteiger partial charge on any atom is 0.414 e. The van der Waals surface area contributed by atoms with Gasteiger partial charge in [0.25, 0.3) is 0 Å². The highest BCUT2D eigenvalue weighted by atomic mass is 19.4. The van der Waals surface area contributed by atoms with Gasteiger partial charge in [0.1, 0.15) is 0 Å². The normalized spacial score (nSPS) is 18.4. The Balaban J connectivity index is 2.10. The molecule has 0 aliphatic carbocycles. The number of piperidine rings is 1. The van der Waals surface area contributed by atoms with Gasteiger partial charge >= 0.3 is 6.18 Å². The summed E-state index contributed by atoms with van der Waals surface area (Å²) in [5.41, 5.74) is 1.81. The third-order valence-electron chi connectivity index (χ3n) is 2.35. The fraction of sp³-hybridized carbons (Fsp3) is 0.889. The average Bonchev–Trinajstić information content (AvgIpc) is 2.17. The molecular weight excluding hydrogens is 225 g/mol. The van der Waals surface area contributed by atoms with Gasteiger partial charge in [-0.15, -0.1) is 0 Å². The van der Waals surface area contributed by atoms with E-state index in [4.69, 9.17) is 0 Å². The summed E-state index contributed by atoms with van der Waals surface area (Å²) in [7, 11) is 0. The minimum absolute atomic E-state index is 0.222. The Morgan fingerprint density at radius 3 is 2.56 bits per heavy atom. The van der Waals surface area contributed by atoms with Crippen LogP contribution in [0.15, 0.2) is 0 Å². The summed E-state index contributed by atoms with van der Waals surface area (Å²) in [6.45, 7) is 0.244. The number of carbonyl (C=O) groups is 1. The zero-order valence-corrected chi connectivity index (χ0v) is 8.77. The number of rotatable bonds is 4. The first-order valence-corrected chi connectivity index (χ1v) is 5.15. The lowest BCUT2D eigenvalue weighted by atomic mass is 9.94. The number of halogens is 3. The molecule has 2 N–H and O–H groups in total. The van der Waals surface area contributed by atoms with Crippen LogP contribution in [0.2, 0.25) is 0 Å². The monoisotopic (exact) mass is 240 g/mol. The van der Waals surface area contributed by atoms with Crippen LogP contribution < -0.4 is 10.8 Å². The molecule has 1 amide bonds. The largest absolute Gasteiger partial charge is 0.414 e. The number of amides is 1. The van der Waals surface area contributed by atoms with E-state index in [1.165, 1.54) is 0 Å². The van der Waals surface area contributed by atoms with E-state index in [1.54, 1.807) is 0 Å². The van der Waals surface area contributed by atoms with E-state index in [2.05, 4.69) is 10.2 Å². The molecule has 0 spiro atoms. The summed E-state index contributed by atoms with van der Waals surface area (Å²) >= 11 is 0. The highest BCUT2D eigenvalue weighted by molar-refractivity contribution is 5.75. The van der Waals surface area contributed by atoms with Gasteiger partial charge in [-0.3, -0.25) is 9.63 Å². The van der Waals surface area contributed by atoms with Crippen LogP contribution in [0.4, 0.5) is 13.2 Å². The molecule has 16 heavy (non-hydrogen) atoms. The molecule has 0 radical (unpaired) electrons. The van der Waals surface area contributed by atoms with E-state index in [9.17, 15) is 18.0 Å². The number of alkyl halides is 3. The smallest absolute Gasteiger partial charge is 0.317 e. The lowest BCUT2D eigenvalue weighted by Crippen LogP contribution is -2.34. The molecule has 1 fully saturated rings. The number of carbonyl (C=O) groups excluding carboxylic acids is 1. The fourth-order valence-electron chi connectivity index (χ4n) is 1.59. The van der Waals surface area contributed by atoms with Crippen LogP contribution in [-0.2, 0) is 9.63 Å². The summed E-state index contributed by atoms with van der Waals surface area (Å²) in [5.74, 6) is -0.258. The summed E-state index contributed by atoms with van der Waals surface area (Å²) in [6, 6.07) is 0. The Labute approximate surface area is 91.5 Å². The predicted molar refractivity (Wildman–Crippen MR) is 50.4 cm³/mol. The van der Waals surface area contributed by atoms with Crippen molar-refractivity contribution in [3.05, 3.63) is 0 Å². The van der Waals surface area contributed by atoms with Gasteiger partial charge in [-0.2, -0.15) is 13.2 Å². The van der Waals surface area contributed by atoms with Crippen LogP contribution in [0, 0.1) is 5.92 Å². The molecule has 0 bridgehead atoms. The summed E-state index contributed by atoms with van der Waals surface area (Å²) in [5, 5.41) is 3.14. The van der Waals surface area contributed by atoms with E-state index >= 15 is 0 Å². The Morgan fingerprint density at radius 1 is 1.38 bits per heavy atom. The second-order valence-corrected chi connectivity index (χ2v) is 3.83. The SMILES string of the molecule is O=C(CC1CCNCC1)NOCC(F)(F)F. The molecule has 0 atom stereocenters. The first kappa shape index (κ1) is 13.2. The van der Waals surface area contributed by atoms with Gasteiger partial charge in [0, 0.05) is 6.42 Å². The average molecular weight is 240 g/mol. The van der Waals surface area contributed by atoms with Gasteiger partial charge in [0.2, 0.25) is 5.91 Å². The molecule has 1 rings (SSSR count). The van der Waals surface area contributed by atoms with Gasteiger partial charge in [-0.1, -0.05) is 0 Å². The first-order valence-electron chi connectivity index (χ1n) is 5.15. The van der Waals surface area contributed by atoms with E-state index in [0.29, 0.717) is 0 Å². The molecule has 1 aliphatic rings. The topological polar surface area (TPSA) is 50.4 Å². The molecule has 0 saturated carbocycles. The lowest BCUT2D eigenvalue weighted by Gasteiger charge is -2.21. The van der Waals surface area contributed by atoms with E-state index in [-0.39, 0.29) is 12.3 Å². The quantitative estimate of drug-likeness (QED) is 0.720. The lowest BCUT2D eigenvalue weighted by molar-refractivity contribution is -0.192. The van der Waals surface area contributed by atoms with Crippen molar-refractivity contribution < 1.29 is 22.8 Å². The van der Waals surface area contributed by atoms with Crippen molar-refractivity contribution in [1.29, 1.82) is 0 Å². The van der Waals surface area contributed by atoms with Gasteiger partial charge in [0.05, 0.1) is 0 Å². The summed E-state index contributed by atoms with van der Waals surface area (Å²) in [4.78, 5) is 15.2. The second-order valence-electron chi connectivity index (χ2n) is 3.83. The van der Waals surface area contributed by atoms with Crippen molar-refractivity contribution in [2.45, 2.75) is 25.4 Å². The van der Waals surface area contributed by atoms with Crippen LogP contribution in [-0.4, -0.2) is 31.8 Å². The standard InChI is InChI=1S/C9H15F3N2O2/c10-9(11,12)6-16-14-8(15)5-7-1-3-13-4-2-7/h7,13H,1-6H2,(H,14,15). The van der Waals surface area contributed by atoms with Crippen LogP contribution in [0.3, 0.4) is 0 Å². The molecule has 0 unspecified atom stereocenters. The van der Waals surface area contributed by atoms with Crippen LogP contribution in [0.25, 0.3) is 0 Å². The molecule has 1 aliphatic heterocycles. The molecule has 94 valence electrons. The first-order chi connectivity index (χ1) is 7.47. The van der Waals surface area contributed by atoms with Crippen molar-refractivity contribution in [2.24, 2.45) is 5.92 Å². The van der Waals surface area contributed by atoms with Crippen molar-refractivity contribution in [2.75, 3.05) is 19.7 Å². The number of hydrogen-bond donors (Lipinski definition) is 2. The molecule has 0 aromatic carbocycles. The van der Waals surface area contributed by atoms with E-state index in [0.717, 1.165) is 25.9 Å². The molecule has 1 heterocycles. The molecule has 1 saturated heterocycles. The second kappa shape index (κ2) is 6.05. The fourth-order valence-corrected chi connectivity index (χ4v) is 1.59. The van der Waals surface area contributed by atoms with Gasteiger partial charge in [-0.05, 0) is 31.8 Å². The third kappa shape index (κ3) is 5.92. The molecule has 7 heteroatoms. The zero-order chi connectivity index (χ0) is 12.0. The zero-order valence-electron chi connectivity index (χ0n) is 8.77. The molecule has 0 aromatic heterocycles. The number of nitrogens with one attached hydrogen (secondary N) is 2. The van der Waals surface area contributed by atoms with Gasteiger partial charge in [0.15, 0.2) is 6.61 Å². The predicted octanol–water partition coefficient (Wildman–Crippen LogP) is 0.986. The van der Waals surface area contributed by atoms with E-state index in [1.807, 2.05) is 5.48 Å². The number of hydrogen-bond acceptors (Lipinski definition) is 3. The minimum Gasteiger partial charge on any atom is -0.317 e. The van der Waals surface area contributed by atoms with E-state index < -0.39 is 18.7 Å². The van der Waals surface area contributed by atoms with Crippen molar-refractivity contribution in [1.82, 2.24) is 10.8 Å². The van der Waals surface area contributed by atoms with Crippen molar-refractivity contribution in [3.63, 3.8) is 0 Å².